The van der Waals surface area contributed by atoms with Crippen LogP contribution in [0.2, 0.25) is 5.02 Å². The van der Waals surface area contributed by atoms with Gasteiger partial charge in [-0.25, -0.2) is 17.8 Å². The summed E-state index contributed by atoms with van der Waals surface area (Å²) in [5, 5.41) is 4.60. The first-order chi connectivity index (χ1) is 8.97. The number of hydrogen-bond donors (Lipinski definition) is 1. The van der Waals surface area contributed by atoms with E-state index in [1.165, 1.54) is 16.9 Å². The summed E-state index contributed by atoms with van der Waals surface area (Å²) >= 11 is 6.14. The van der Waals surface area contributed by atoms with E-state index in [-0.39, 0.29) is 5.03 Å². The van der Waals surface area contributed by atoms with E-state index in [2.05, 4.69) is 9.82 Å². The molecule has 0 saturated carbocycles. The van der Waals surface area contributed by atoms with Gasteiger partial charge >= 0.3 is 0 Å². The van der Waals surface area contributed by atoms with Crippen molar-refractivity contribution in [2.45, 2.75) is 18.9 Å². The number of hydrogen-bond acceptors (Lipinski definition) is 3. The second kappa shape index (κ2) is 5.32. The van der Waals surface area contributed by atoms with Crippen LogP contribution in [0.25, 0.3) is 5.69 Å². The second-order valence-electron chi connectivity index (χ2n) is 3.99. The monoisotopic (exact) mass is 299 g/mol. The molecule has 2 rings (SSSR count). The summed E-state index contributed by atoms with van der Waals surface area (Å²) in [6.45, 7) is 3.89. The van der Waals surface area contributed by atoms with Crippen LogP contribution in [-0.2, 0) is 10.0 Å². The largest absolute Gasteiger partial charge is 0.258 e. The van der Waals surface area contributed by atoms with Crippen LogP contribution in [0.1, 0.15) is 12.5 Å². The number of aromatic nitrogens is 2. The second-order valence-corrected chi connectivity index (χ2v) is 6.11. The number of aryl methyl sites for hydroxylation is 1. The van der Waals surface area contributed by atoms with Crippen LogP contribution in [0.5, 0.6) is 0 Å². The van der Waals surface area contributed by atoms with E-state index in [0.717, 1.165) is 5.56 Å². The number of halogens is 1. The lowest BCUT2D eigenvalue weighted by Crippen LogP contribution is -2.25. The SMILES string of the molecule is CCNS(=O)(=O)c1ccnn1-c1c(C)cccc1Cl. The maximum absolute atomic E-state index is 12.1. The molecule has 1 aromatic heterocycles. The average molecular weight is 300 g/mol. The molecule has 0 aliphatic heterocycles. The van der Waals surface area contributed by atoms with Gasteiger partial charge in [0.15, 0.2) is 5.03 Å². The topological polar surface area (TPSA) is 64.0 Å². The molecule has 0 aliphatic carbocycles. The molecule has 0 fully saturated rings. The van der Waals surface area contributed by atoms with E-state index in [0.29, 0.717) is 17.3 Å². The van der Waals surface area contributed by atoms with Gasteiger partial charge < -0.3 is 0 Å². The maximum atomic E-state index is 12.1. The molecule has 0 saturated heterocycles. The lowest BCUT2D eigenvalue weighted by Gasteiger charge is -2.12. The van der Waals surface area contributed by atoms with Crippen molar-refractivity contribution in [2.24, 2.45) is 0 Å². The Labute approximate surface area is 117 Å². The number of nitrogens with zero attached hydrogens (tertiary/aromatic N) is 2. The molecule has 2 aromatic rings. The summed E-state index contributed by atoms with van der Waals surface area (Å²) in [5.74, 6) is 0. The summed E-state index contributed by atoms with van der Waals surface area (Å²) in [6, 6.07) is 6.81. The van der Waals surface area contributed by atoms with Gasteiger partial charge in [-0.2, -0.15) is 5.10 Å². The molecule has 1 N–H and O–H groups in total. The van der Waals surface area contributed by atoms with E-state index in [1.807, 2.05) is 19.1 Å². The Balaban J connectivity index is 2.64. The van der Waals surface area contributed by atoms with Crippen LogP contribution in [0, 0.1) is 6.92 Å². The van der Waals surface area contributed by atoms with Gasteiger partial charge in [-0.1, -0.05) is 30.7 Å². The molecule has 0 radical (unpaired) electrons. The zero-order valence-electron chi connectivity index (χ0n) is 10.6. The van der Waals surface area contributed by atoms with Gasteiger partial charge in [0.2, 0.25) is 0 Å². The molecule has 0 unspecified atom stereocenters. The fraction of sp³-hybridized carbons (Fsp3) is 0.250. The zero-order valence-corrected chi connectivity index (χ0v) is 12.2. The van der Waals surface area contributed by atoms with Gasteiger partial charge in [0, 0.05) is 6.54 Å². The Bertz CT molecular complexity index is 675. The molecule has 5 nitrogen and oxygen atoms in total. The van der Waals surface area contributed by atoms with Gasteiger partial charge in [0.1, 0.15) is 0 Å². The van der Waals surface area contributed by atoms with E-state index in [4.69, 9.17) is 11.6 Å². The fourth-order valence-electron chi connectivity index (χ4n) is 1.82. The minimum Gasteiger partial charge on any atom is -0.219 e. The van der Waals surface area contributed by atoms with Gasteiger partial charge in [-0.05, 0) is 24.6 Å². The summed E-state index contributed by atoms with van der Waals surface area (Å²) in [7, 11) is -3.59. The number of rotatable bonds is 4. The third kappa shape index (κ3) is 2.65. The Morgan fingerprint density at radius 3 is 2.74 bits per heavy atom. The third-order valence-electron chi connectivity index (χ3n) is 2.62. The fourth-order valence-corrected chi connectivity index (χ4v) is 3.25. The molecule has 1 aromatic carbocycles. The first-order valence-electron chi connectivity index (χ1n) is 5.76. The van der Waals surface area contributed by atoms with Crippen LogP contribution >= 0.6 is 11.6 Å². The van der Waals surface area contributed by atoms with Gasteiger partial charge in [-0.15, -0.1) is 0 Å². The van der Waals surface area contributed by atoms with Gasteiger partial charge in [-0.3, -0.25) is 0 Å². The van der Waals surface area contributed by atoms with Crippen molar-refractivity contribution >= 4 is 21.6 Å². The van der Waals surface area contributed by atoms with Crippen molar-refractivity contribution in [1.29, 1.82) is 0 Å². The Morgan fingerprint density at radius 1 is 1.37 bits per heavy atom. The highest BCUT2D eigenvalue weighted by atomic mass is 35.5. The van der Waals surface area contributed by atoms with Gasteiger partial charge in [0.25, 0.3) is 10.0 Å². The van der Waals surface area contributed by atoms with Crippen molar-refractivity contribution in [1.82, 2.24) is 14.5 Å². The summed E-state index contributed by atoms with van der Waals surface area (Å²) in [4.78, 5) is 0. The van der Waals surface area contributed by atoms with E-state index >= 15 is 0 Å². The molecule has 19 heavy (non-hydrogen) atoms. The van der Waals surface area contributed by atoms with E-state index < -0.39 is 10.0 Å². The highest BCUT2D eigenvalue weighted by Gasteiger charge is 2.21. The Hall–Kier alpha value is -1.37. The van der Waals surface area contributed by atoms with Crippen molar-refractivity contribution in [3.63, 3.8) is 0 Å². The third-order valence-corrected chi connectivity index (χ3v) is 4.45. The van der Waals surface area contributed by atoms with Crippen LogP contribution in [0.3, 0.4) is 0 Å². The molecular weight excluding hydrogens is 286 g/mol. The molecule has 0 bridgehead atoms. The van der Waals surface area contributed by atoms with Gasteiger partial charge in [0.05, 0.1) is 16.9 Å². The molecule has 102 valence electrons. The number of nitrogens with one attached hydrogen (secondary N) is 1. The normalized spacial score (nSPS) is 11.7. The molecule has 1 heterocycles. The lowest BCUT2D eigenvalue weighted by molar-refractivity contribution is 0.573. The average Bonchev–Trinajstić information content (AvgIpc) is 2.78. The molecule has 0 spiro atoms. The van der Waals surface area contributed by atoms with E-state index in [1.54, 1.807) is 13.0 Å². The molecule has 0 amide bonds. The quantitative estimate of drug-likeness (QED) is 0.940. The summed E-state index contributed by atoms with van der Waals surface area (Å²) < 4.78 is 28.0. The highest BCUT2D eigenvalue weighted by molar-refractivity contribution is 7.89. The minimum atomic E-state index is -3.59. The predicted molar refractivity (Wildman–Crippen MR) is 74.2 cm³/mol. The maximum Gasteiger partial charge on any atom is 0.258 e. The van der Waals surface area contributed by atoms with Crippen molar-refractivity contribution in [2.75, 3.05) is 6.54 Å². The summed E-state index contributed by atoms with van der Waals surface area (Å²) in [6.07, 6.45) is 1.44. The standard InChI is InChI=1S/C12H14ClN3O2S/c1-3-15-19(17,18)11-7-8-14-16(11)12-9(2)5-4-6-10(12)13/h4-8,15H,3H2,1-2H3. The van der Waals surface area contributed by atoms with Crippen molar-refractivity contribution in [3.05, 3.63) is 41.0 Å². The number of benzene rings is 1. The molecule has 7 heteroatoms. The predicted octanol–water partition coefficient (Wildman–Crippen LogP) is 2.13. The first-order valence-corrected chi connectivity index (χ1v) is 7.62. The Morgan fingerprint density at radius 2 is 2.11 bits per heavy atom. The number of sulfonamides is 1. The molecule has 0 atom stereocenters. The van der Waals surface area contributed by atoms with Crippen LogP contribution < -0.4 is 4.72 Å². The number of para-hydroxylation sites is 1. The minimum absolute atomic E-state index is 0.0746. The molecule has 0 aliphatic rings. The van der Waals surface area contributed by atoms with Crippen molar-refractivity contribution in [3.8, 4) is 5.69 Å². The lowest BCUT2D eigenvalue weighted by atomic mass is 10.2. The summed E-state index contributed by atoms with van der Waals surface area (Å²) in [5.41, 5.74) is 1.43. The first kappa shape index (κ1) is 14.0. The van der Waals surface area contributed by atoms with Crippen LogP contribution in [0.4, 0.5) is 0 Å². The van der Waals surface area contributed by atoms with Crippen molar-refractivity contribution < 1.29 is 8.42 Å². The van der Waals surface area contributed by atoms with Crippen LogP contribution in [0.15, 0.2) is 35.5 Å². The highest BCUT2D eigenvalue weighted by Crippen LogP contribution is 2.26. The Kier molecular flexibility index (Phi) is 3.93. The van der Waals surface area contributed by atoms with E-state index in [9.17, 15) is 8.42 Å². The van der Waals surface area contributed by atoms with Crippen LogP contribution in [-0.4, -0.2) is 24.7 Å². The molecular formula is C12H14ClN3O2S. The smallest absolute Gasteiger partial charge is 0.219 e. The zero-order chi connectivity index (χ0) is 14.0.